The lowest BCUT2D eigenvalue weighted by Crippen LogP contribution is -2.53. The fourth-order valence-electron chi connectivity index (χ4n) is 2.04. The lowest BCUT2D eigenvalue weighted by Gasteiger charge is -2.36. The first-order valence-electron chi connectivity index (χ1n) is 6.23. The predicted molar refractivity (Wildman–Crippen MR) is 72.2 cm³/mol. The average Bonchev–Trinajstić information content (AvgIpc) is 2.28. The topological polar surface area (TPSA) is 57.6 Å². The van der Waals surface area contributed by atoms with Crippen molar-refractivity contribution in [2.45, 2.75) is 19.8 Å². The van der Waals surface area contributed by atoms with Gasteiger partial charge in [0.15, 0.2) is 0 Å². The summed E-state index contributed by atoms with van der Waals surface area (Å²) in [6.45, 7) is 2.61. The molecule has 1 aromatic rings. The summed E-state index contributed by atoms with van der Waals surface area (Å²) < 4.78 is 0. The van der Waals surface area contributed by atoms with Gasteiger partial charge in [-0.05, 0) is 30.5 Å². The van der Waals surface area contributed by atoms with Gasteiger partial charge in [-0.15, -0.1) is 0 Å². The monoisotopic (exact) mass is 281 g/mol. The van der Waals surface area contributed by atoms with E-state index in [0.717, 1.165) is 11.1 Å². The van der Waals surface area contributed by atoms with Gasteiger partial charge in [-0.3, -0.25) is 9.59 Å². The van der Waals surface area contributed by atoms with Crippen molar-refractivity contribution < 1.29 is 14.7 Å². The highest BCUT2D eigenvalue weighted by Gasteiger charge is 2.35. The number of halogens is 1. The third-order valence-corrected chi connectivity index (χ3v) is 3.85. The Balaban J connectivity index is 1.81. The Kier molecular flexibility index (Phi) is 4.10. The first-order valence-corrected chi connectivity index (χ1v) is 6.61. The van der Waals surface area contributed by atoms with Gasteiger partial charge < -0.3 is 10.0 Å². The van der Waals surface area contributed by atoms with E-state index in [1.165, 1.54) is 0 Å². The average molecular weight is 282 g/mol. The molecule has 0 aliphatic carbocycles. The molecule has 2 rings (SSSR count). The van der Waals surface area contributed by atoms with Crippen LogP contribution in [0.5, 0.6) is 0 Å². The molecule has 4 nitrogen and oxygen atoms in total. The van der Waals surface area contributed by atoms with E-state index in [1.807, 2.05) is 25.1 Å². The van der Waals surface area contributed by atoms with Gasteiger partial charge in [0, 0.05) is 24.5 Å². The number of benzene rings is 1. The van der Waals surface area contributed by atoms with Crippen molar-refractivity contribution >= 4 is 23.5 Å². The predicted octanol–water partition coefficient (Wildman–Crippen LogP) is 2.12. The van der Waals surface area contributed by atoms with Gasteiger partial charge in [0.1, 0.15) is 0 Å². The Hall–Kier alpha value is -1.55. The van der Waals surface area contributed by atoms with Crippen LogP contribution in [0.4, 0.5) is 0 Å². The summed E-state index contributed by atoms with van der Waals surface area (Å²) >= 11 is 6.02. The summed E-state index contributed by atoms with van der Waals surface area (Å²) in [7, 11) is 0. The zero-order chi connectivity index (χ0) is 14.0. The van der Waals surface area contributed by atoms with Crippen molar-refractivity contribution in [3.8, 4) is 0 Å². The summed E-state index contributed by atoms with van der Waals surface area (Å²) in [5, 5.41) is 9.45. The van der Waals surface area contributed by atoms with Crippen LogP contribution in [-0.2, 0) is 16.0 Å². The smallest absolute Gasteiger partial charge is 0.310 e. The molecule has 1 aliphatic rings. The molecule has 0 atom stereocenters. The molecule has 1 N–H and O–H groups in total. The second kappa shape index (κ2) is 5.61. The highest BCUT2D eigenvalue weighted by molar-refractivity contribution is 6.31. The number of hydrogen-bond acceptors (Lipinski definition) is 2. The maximum atomic E-state index is 11.8. The van der Waals surface area contributed by atoms with E-state index in [0.29, 0.717) is 31.0 Å². The highest BCUT2D eigenvalue weighted by atomic mass is 35.5. The number of carboxylic acids is 1. The number of nitrogens with zero attached hydrogens (tertiary/aromatic N) is 1. The Morgan fingerprint density at radius 1 is 1.42 bits per heavy atom. The van der Waals surface area contributed by atoms with Gasteiger partial charge >= 0.3 is 5.97 Å². The number of hydrogen-bond donors (Lipinski definition) is 1. The van der Waals surface area contributed by atoms with E-state index in [2.05, 4.69) is 0 Å². The summed E-state index contributed by atoms with van der Waals surface area (Å²) in [5.74, 6) is -1.21. The SMILES string of the molecule is Cc1ccc(CCC(=O)N2CC(C(=O)O)C2)cc1Cl. The Labute approximate surface area is 117 Å². The van der Waals surface area contributed by atoms with Crippen LogP contribution in [0.1, 0.15) is 17.5 Å². The third-order valence-electron chi connectivity index (χ3n) is 3.45. The molecule has 0 bridgehead atoms. The Bertz CT molecular complexity index is 509. The Morgan fingerprint density at radius 2 is 2.11 bits per heavy atom. The maximum Gasteiger partial charge on any atom is 0.310 e. The first kappa shape index (κ1) is 13.9. The first-order chi connectivity index (χ1) is 8.97. The van der Waals surface area contributed by atoms with E-state index in [4.69, 9.17) is 16.7 Å². The van der Waals surface area contributed by atoms with Gasteiger partial charge in [0.25, 0.3) is 0 Å². The molecule has 19 heavy (non-hydrogen) atoms. The molecule has 5 heteroatoms. The van der Waals surface area contributed by atoms with Crippen LogP contribution in [-0.4, -0.2) is 35.0 Å². The fourth-order valence-corrected chi connectivity index (χ4v) is 2.24. The standard InChI is InChI=1S/C14H16ClNO3/c1-9-2-3-10(6-12(9)15)4-5-13(17)16-7-11(8-16)14(18)19/h2-3,6,11H,4-5,7-8H2,1H3,(H,18,19). The fraction of sp³-hybridized carbons (Fsp3) is 0.429. The second-order valence-corrected chi connectivity index (χ2v) is 5.32. The summed E-state index contributed by atoms with van der Waals surface area (Å²) in [4.78, 5) is 24.1. The van der Waals surface area contributed by atoms with Gasteiger partial charge in [-0.1, -0.05) is 23.7 Å². The van der Waals surface area contributed by atoms with E-state index < -0.39 is 11.9 Å². The quantitative estimate of drug-likeness (QED) is 0.920. The lowest BCUT2D eigenvalue weighted by atomic mass is 9.99. The van der Waals surface area contributed by atoms with Crippen molar-refractivity contribution in [3.63, 3.8) is 0 Å². The largest absolute Gasteiger partial charge is 0.481 e. The molecule has 0 aromatic heterocycles. The number of likely N-dealkylation sites (tertiary alicyclic amines) is 1. The molecule has 1 aromatic carbocycles. The molecule has 0 unspecified atom stereocenters. The van der Waals surface area contributed by atoms with E-state index in [9.17, 15) is 9.59 Å². The number of carboxylic acid groups (broad SMARTS) is 1. The molecule has 1 heterocycles. The van der Waals surface area contributed by atoms with Crippen molar-refractivity contribution in [2.75, 3.05) is 13.1 Å². The van der Waals surface area contributed by atoms with Crippen LogP contribution in [0.2, 0.25) is 5.02 Å². The van der Waals surface area contributed by atoms with Crippen LogP contribution in [0.15, 0.2) is 18.2 Å². The van der Waals surface area contributed by atoms with Crippen molar-refractivity contribution in [1.82, 2.24) is 4.90 Å². The zero-order valence-corrected chi connectivity index (χ0v) is 11.5. The zero-order valence-electron chi connectivity index (χ0n) is 10.7. The molecule has 0 spiro atoms. The lowest BCUT2D eigenvalue weighted by molar-refractivity contribution is -0.152. The number of carbonyl (C=O) groups excluding carboxylic acids is 1. The van der Waals surface area contributed by atoms with Crippen molar-refractivity contribution in [3.05, 3.63) is 34.3 Å². The molecule has 102 valence electrons. The number of carbonyl (C=O) groups is 2. The van der Waals surface area contributed by atoms with Crippen molar-refractivity contribution in [1.29, 1.82) is 0 Å². The van der Waals surface area contributed by atoms with Crippen LogP contribution in [0.3, 0.4) is 0 Å². The summed E-state index contributed by atoms with van der Waals surface area (Å²) in [6, 6.07) is 5.78. The number of amides is 1. The third kappa shape index (κ3) is 3.26. The van der Waals surface area contributed by atoms with Crippen LogP contribution in [0.25, 0.3) is 0 Å². The number of aryl methyl sites for hydroxylation is 2. The molecule has 0 radical (unpaired) electrons. The molecular weight excluding hydrogens is 266 g/mol. The summed E-state index contributed by atoms with van der Waals surface area (Å²) in [6.07, 6.45) is 1.03. The van der Waals surface area contributed by atoms with Crippen LogP contribution >= 0.6 is 11.6 Å². The maximum absolute atomic E-state index is 11.8. The molecule has 1 fully saturated rings. The number of rotatable bonds is 4. The normalized spacial score (nSPS) is 15.2. The minimum atomic E-state index is -0.825. The highest BCUT2D eigenvalue weighted by Crippen LogP contribution is 2.20. The minimum Gasteiger partial charge on any atom is -0.481 e. The molecule has 1 amide bonds. The van der Waals surface area contributed by atoms with Gasteiger partial charge in [0.05, 0.1) is 5.92 Å². The molecule has 1 saturated heterocycles. The van der Waals surface area contributed by atoms with Gasteiger partial charge in [0.2, 0.25) is 5.91 Å². The molecule has 0 saturated carbocycles. The van der Waals surface area contributed by atoms with Gasteiger partial charge in [-0.2, -0.15) is 0 Å². The summed E-state index contributed by atoms with van der Waals surface area (Å²) in [5.41, 5.74) is 2.04. The van der Waals surface area contributed by atoms with E-state index in [-0.39, 0.29) is 5.91 Å². The van der Waals surface area contributed by atoms with Crippen LogP contribution < -0.4 is 0 Å². The van der Waals surface area contributed by atoms with E-state index >= 15 is 0 Å². The van der Waals surface area contributed by atoms with E-state index in [1.54, 1.807) is 4.90 Å². The van der Waals surface area contributed by atoms with Gasteiger partial charge in [-0.25, -0.2) is 0 Å². The van der Waals surface area contributed by atoms with Crippen molar-refractivity contribution in [2.24, 2.45) is 5.92 Å². The minimum absolute atomic E-state index is 0.00852. The Morgan fingerprint density at radius 3 is 2.68 bits per heavy atom. The second-order valence-electron chi connectivity index (χ2n) is 4.92. The molecule has 1 aliphatic heterocycles. The molecular formula is C14H16ClNO3. The van der Waals surface area contributed by atoms with Crippen LogP contribution in [0, 0.1) is 12.8 Å². The number of aliphatic carboxylic acids is 1.